The summed E-state index contributed by atoms with van der Waals surface area (Å²) in [6.07, 6.45) is 0. The summed E-state index contributed by atoms with van der Waals surface area (Å²) in [5, 5.41) is 3.31. The molecule has 3 N–H and O–H groups in total. The third kappa shape index (κ3) is 3.00. The average molecular weight is 331 g/mol. The van der Waals surface area contributed by atoms with Crippen molar-refractivity contribution < 1.29 is 4.79 Å². The van der Waals surface area contributed by atoms with Gasteiger partial charge in [0.2, 0.25) is 0 Å². The number of aromatic amines is 2. The van der Waals surface area contributed by atoms with E-state index in [4.69, 9.17) is 11.6 Å². The fourth-order valence-corrected chi connectivity index (χ4v) is 2.37. The normalized spacial score (nSPS) is 10.7. The molecule has 0 radical (unpaired) electrons. The van der Waals surface area contributed by atoms with E-state index in [2.05, 4.69) is 20.3 Å². The molecule has 2 aromatic heterocycles. The highest BCUT2D eigenvalue weighted by atomic mass is 35.5. The zero-order valence-electron chi connectivity index (χ0n) is 11.9. The smallest absolute Gasteiger partial charge is 0.322 e. The van der Waals surface area contributed by atoms with Crippen LogP contribution in [-0.4, -0.2) is 20.9 Å². The molecular formula is C15H11ClN4O3. The fraction of sp³-hybridized carbons (Fsp3) is 0.0667. The number of hydrogen-bond donors (Lipinski definition) is 3. The van der Waals surface area contributed by atoms with Gasteiger partial charge < -0.3 is 5.32 Å². The maximum Gasteiger partial charge on any atom is 0.327 e. The van der Waals surface area contributed by atoms with E-state index in [1.165, 1.54) is 6.07 Å². The van der Waals surface area contributed by atoms with Crippen molar-refractivity contribution in [2.45, 2.75) is 6.92 Å². The maximum absolute atomic E-state index is 12.4. The van der Waals surface area contributed by atoms with Crippen LogP contribution in [0.5, 0.6) is 0 Å². The van der Waals surface area contributed by atoms with Crippen LogP contribution in [0.3, 0.4) is 0 Å². The van der Waals surface area contributed by atoms with E-state index in [9.17, 15) is 14.4 Å². The van der Waals surface area contributed by atoms with E-state index >= 15 is 0 Å². The minimum absolute atomic E-state index is 0.131. The first-order chi connectivity index (χ1) is 10.9. The predicted octanol–water partition coefficient (Wildman–Crippen LogP) is 1.83. The zero-order chi connectivity index (χ0) is 16.6. The van der Waals surface area contributed by atoms with Crippen molar-refractivity contribution in [1.29, 1.82) is 0 Å². The summed E-state index contributed by atoms with van der Waals surface area (Å²) in [4.78, 5) is 44.1. The quantitative estimate of drug-likeness (QED) is 0.666. The number of fused-ring (bicyclic) bond motifs is 1. The molecule has 7 nitrogen and oxygen atoms in total. The molecule has 3 rings (SSSR count). The monoisotopic (exact) mass is 330 g/mol. The van der Waals surface area contributed by atoms with E-state index in [1.807, 2.05) is 0 Å². The molecule has 0 aliphatic rings. The lowest BCUT2D eigenvalue weighted by Gasteiger charge is -2.08. The Morgan fingerprint density at radius 2 is 2.00 bits per heavy atom. The van der Waals surface area contributed by atoms with Gasteiger partial charge in [0.25, 0.3) is 11.5 Å². The van der Waals surface area contributed by atoms with Crippen molar-refractivity contribution in [2.24, 2.45) is 0 Å². The molecule has 8 heteroatoms. The van der Waals surface area contributed by atoms with E-state index in [1.54, 1.807) is 31.2 Å². The van der Waals surface area contributed by atoms with Crippen LogP contribution >= 0.6 is 11.6 Å². The maximum atomic E-state index is 12.4. The number of carbonyl (C=O) groups excluding carboxylic acids is 1. The van der Waals surface area contributed by atoms with Gasteiger partial charge in [0, 0.05) is 10.7 Å². The van der Waals surface area contributed by atoms with Gasteiger partial charge in [-0.25, -0.2) is 9.78 Å². The summed E-state index contributed by atoms with van der Waals surface area (Å²) < 4.78 is 0. The first-order valence-corrected chi connectivity index (χ1v) is 7.03. The third-order valence-electron chi connectivity index (χ3n) is 3.24. The van der Waals surface area contributed by atoms with E-state index < -0.39 is 17.2 Å². The van der Waals surface area contributed by atoms with Crippen LogP contribution in [0.2, 0.25) is 5.02 Å². The molecule has 0 saturated heterocycles. The second kappa shape index (κ2) is 5.69. The topological polar surface area (TPSA) is 108 Å². The molecule has 0 saturated carbocycles. The van der Waals surface area contributed by atoms with Crippen LogP contribution in [0, 0.1) is 6.92 Å². The lowest BCUT2D eigenvalue weighted by atomic mass is 10.1. The Kier molecular flexibility index (Phi) is 3.71. The lowest BCUT2D eigenvalue weighted by molar-refractivity contribution is 0.102. The number of carbonyl (C=O) groups is 1. The van der Waals surface area contributed by atoms with Gasteiger partial charge in [-0.05, 0) is 31.2 Å². The Labute approximate surface area is 134 Å². The molecular weight excluding hydrogens is 320 g/mol. The highest BCUT2D eigenvalue weighted by Gasteiger charge is 2.14. The molecule has 3 aromatic rings. The van der Waals surface area contributed by atoms with Crippen molar-refractivity contribution in [1.82, 2.24) is 15.0 Å². The van der Waals surface area contributed by atoms with Gasteiger partial charge in [0.15, 0.2) is 0 Å². The number of anilines is 1. The molecule has 2 heterocycles. The van der Waals surface area contributed by atoms with Crippen molar-refractivity contribution in [3.05, 3.63) is 67.4 Å². The number of amides is 1. The number of nitrogens with one attached hydrogen (secondary N) is 3. The molecule has 0 aliphatic heterocycles. The summed E-state index contributed by atoms with van der Waals surface area (Å²) in [5.74, 6) is -0.426. The number of H-pyrrole nitrogens is 2. The third-order valence-corrected chi connectivity index (χ3v) is 3.48. The summed E-state index contributed by atoms with van der Waals surface area (Å²) in [7, 11) is 0. The molecule has 1 aromatic carbocycles. The summed E-state index contributed by atoms with van der Waals surface area (Å²) in [6, 6.07) is 8.09. The van der Waals surface area contributed by atoms with Gasteiger partial charge >= 0.3 is 5.69 Å². The van der Waals surface area contributed by atoms with E-state index in [-0.39, 0.29) is 16.6 Å². The Hall–Kier alpha value is -2.93. The predicted molar refractivity (Wildman–Crippen MR) is 87.1 cm³/mol. The van der Waals surface area contributed by atoms with Gasteiger partial charge in [-0.3, -0.25) is 19.6 Å². The first-order valence-electron chi connectivity index (χ1n) is 6.65. The van der Waals surface area contributed by atoms with Crippen LogP contribution in [0.4, 0.5) is 5.69 Å². The Bertz CT molecular complexity index is 1040. The average Bonchev–Trinajstić information content (AvgIpc) is 2.46. The van der Waals surface area contributed by atoms with Gasteiger partial charge in [0.05, 0.1) is 16.6 Å². The minimum atomic E-state index is -0.648. The molecule has 0 unspecified atom stereocenters. The van der Waals surface area contributed by atoms with Gasteiger partial charge in [-0.1, -0.05) is 17.7 Å². The largest absolute Gasteiger partial charge is 0.327 e. The Morgan fingerprint density at radius 3 is 2.74 bits per heavy atom. The number of pyridine rings is 1. The zero-order valence-corrected chi connectivity index (χ0v) is 12.7. The van der Waals surface area contributed by atoms with E-state index in [0.29, 0.717) is 16.4 Å². The molecule has 0 bridgehead atoms. The number of nitrogens with zero attached hydrogens (tertiary/aromatic N) is 1. The molecule has 116 valence electrons. The van der Waals surface area contributed by atoms with Crippen molar-refractivity contribution in [3.63, 3.8) is 0 Å². The van der Waals surface area contributed by atoms with Crippen LogP contribution < -0.4 is 16.6 Å². The van der Waals surface area contributed by atoms with Gasteiger partial charge in [-0.2, -0.15) is 0 Å². The summed E-state index contributed by atoms with van der Waals surface area (Å²) in [5.41, 5.74) is 0.0276. The van der Waals surface area contributed by atoms with Crippen LogP contribution in [-0.2, 0) is 0 Å². The summed E-state index contributed by atoms with van der Waals surface area (Å²) in [6.45, 7) is 1.62. The second-order valence-electron chi connectivity index (χ2n) is 4.89. The molecule has 0 spiro atoms. The second-order valence-corrected chi connectivity index (χ2v) is 5.33. The highest BCUT2D eigenvalue weighted by Crippen LogP contribution is 2.17. The number of rotatable bonds is 2. The highest BCUT2D eigenvalue weighted by molar-refractivity contribution is 6.31. The molecule has 0 aliphatic carbocycles. The SMILES string of the molecule is Cc1nc2[nH]c(=O)[nH]c(=O)c2cc1C(=O)Nc1cccc(Cl)c1. The van der Waals surface area contributed by atoms with Crippen LogP contribution in [0.25, 0.3) is 11.0 Å². The molecule has 23 heavy (non-hydrogen) atoms. The van der Waals surface area contributed by atoms with Crippen molar-refractivity contribution >= 4 is 34.2 Å². The minimum Gasteiger partial charge on any atom is -0.322 e. The Morgan fingerprint density at radius 1 is 1.22 bits per heavy atom. The van der Waals surface area contributed by atoms with Gasteiger partial charge in [0.1, 0.15) is 5.65 Å². The number of halogens is 1. The van der Waals surface area contributed by atoms with Crippen LogP contribution in [0.1, 0.15) is 16.1 Å². The molecule has 0 fully saturated rings. The molecule has 0 atom stereocenters. The number of aryl methyl sites for hydroxylation is 1. The fourth-order valence-electron chi connectivity index (χ4n) is 2.18. The Balaban J connectivity index is 2.05. The van der Waals surface area contributed by atoms with E-state index in [0.717, 1.165) is 0 Å². The lowest BCUT2D eigenvalue weighted by Crippen LogP contribution is -2.24. The van der Waals surface area contributed by atoms with Crippen molar-refractivity contribution in [2.75, 3.05) is 5.32 Å². The first kappa shape index (κ1) is 15.0. The standard InChI is InChI=1S/C15H11ClN4O3/c1-7-10(13(21)18-9-4-2-3-8(16)5-9)6-11-12(17-7)19-15(23)20-14(11)22/h2-6H,1H3,(H,18,21)(H2,17,19,20,22,23). The number of aromatic nitrogens is 3. The van der Waals surface area contributed by atoms with Gasteiger partial charge in [-0.15, -0.1) is 0 Å². The van der Waals surface area contributed by atoms with Crippen LogP contribution in [0.15, 0.2) is 39.9 Å². The summed E-state index contributed by atoms with van der Waals surface area (Å²) >= 11 is 5.88. The van der Waals surface area contributed by atoms with Crippen molar-refractivity contribution in [3.8, 4) is 0 Å². The number of benzene rings is 1. The number of hydrogen-bond acceptors (Lipinski definition) is 4. The molecule has 1 amide bonds.